The summed E-state index contributed by atoms with van der Waals surface area (Å²) < 4.78 is 0. The minimum Gasteiger partial charge on any atom is -0.352 e. The summed E-state index contributed by atoms with van der Waals surface area (Å²) in [6, 6.07) is 15.7. The van der Waals surface area contributed by atoms with Gasteiger partial charge < -0.3 is 21.7 Å². The van der Waals surface area contributed by atoms with Crippen LogP contribution >= 0.6 is 12.4 Å². The van der Waals surface area contributed by atoms with Crippen molar-refractivity contribution in [3.63, 3.8) is 0 Å². The maximum atomic E-state index is 12.2. The van der Waals surface area contributed by atoms with Crippen LogP contribution in [-0.2, 0) is 4.79 Å². The van der Waals surface area contributed by atoms with Crippen molar-refractivity contribution in [2.75, 3.05) is 11.9 Å². The Bertz CT molecular complexity index is 751. The van der Waals surface area contributed by atoms with Crippen LogP contribution in [0.25, 0.3) is 0 Å². The van der Waals surface area contributed by atoms with Crippen molar-refractivity contribution in [3.05, 3.63) is 65.7 Å². The third-order valence-electron chi connectivity index (χ3n) is 4.30. The van der Waals surface area contributed by atoms with Crippen LogP contribution in [0.3, 0.4) is 0 Å². The van der Waals surface area contributed by atoms with Crippen LogP contribution in [0.15, 0.2) is 54.6 Å². The quantitative estimate of drug-likeness (QED) is 0.568. The Morgan fingerprint density at radius 2 is 1.50 bits per heavy atom. The predicted octanol–water partition coefficient (Wildman–Crippen LogP) is 3.56. The second-order valence-electron chi connectivity index (χ2n) is 6.86. The Labute approximate surface area is 172 Å². The van der Waals surface area contributed by atoms with Gasteiger partial charge in [-0.1, -0.05) is 56.3 Å². The molecule has 6 nitrogen and oxygen atoms in total. The van der Waals surface area contributed by atoms with E-state index in [1.807, 2.05) is 30.3 Å². The molecule has 0 saturated heterocycles. The number of carbonyl (C=O) groups excluding carboxylic acids is 2. The third-order valence-corrected chi connectivity index (χ3v) is 4.30. The molecule has 2 unspecified atom stereocenters. The molecule has 28 heavy (non-hydrogen) atoms. The summed E-state index contributed by atoms with van der Waals surface area (Å²) in [5.41, 5.74) is 9.03. The second-order valence-corrected chi connectivity index (χ2v) is 6.86. The van der Waals surface area contributed by atoms with E-state index >= 15 is 0 Å². The highest BCUT2D eigenvalue weighted by Crippen LogP contribution is 2.17. The van der Waals surface area contributed by atoms with Crippen LogP contribution in [0.1, 0.15) is 43.9 Å². The van der Waals surface area contributed by atoms with E-state index in [2.05, 4.69) is 41.9 Å². The van der Waals surface area contributed by atoms with Gasteiger partial charge in [0.05, 0.1) is 0 Å². The SMILES string of the molecule is CC(NC(=O)Nc1ccccc1)C(=O)NCC(N)c1ccc(C(C)C)cc1.Cl. The van der Waals surface area contributed by atoms with E-state index in [4.69, 9.17) is 5.73 Å². The lowest BCUT2D eigenvalue weighted by atomic mass is 9.99. The zero-order chi connectivity index (χ0) is 19.8. The van der Waals surface area contributed by atoms with E-state index in [0.29, 0.717) is 18.2 Å². The molecule has 0 spiro atoms. The van der Waals surface area contributed by atoms with Gasteiger partial charge in [-0.15, -0.1) is 12.4 Å². The summed E-state index contributed by atoms with van der Waals surface area (Å²) in [6.07, 6.45) is 0. The van der Waals surface area contributed by atoms with E-state index in [-0.39, 0.29) is 24.4 Å². The fourth-order valence-corrected chi connectivity index (χ4v) is 2.56. The molecule has 152 valence electrons. The van der Waals surface area contributed by atoms with Crippen LogP contribution in [-0.4, -0.2) is 24.5 Å². The molecule has 7 heteroatoms. The Balaban J connectivity index is 0.00000392. The zero-order valence-corrected chi connectivity index (χ0v) is 17.3. The number of anilines is 1. The molecule has 2 aromatic rings. The largest absolute Gasteiger partial charge is 0.352 e. The summed E-state index contributed by atoms with van der Waals surface area (Å²) in [4.78, 5) is 24.1. The van der Waals surface area contributed by atoms with E-state index in [0.717, 1.165) is 5.56 Å². The first-order chi connectivity index (χ1) is 12.9. The number of nitrogens with one attached hydrogen (secondary N) is 3. The van der Waals surface area contributed by atoms with Crippen molar-refractivity contribution in [2.24, 2.45) is 5.73 Å². The molecule has 2 atom stereocenters. The van der Waals surface area contributed by atoms with Gasteiger partial charge in [0.15, 0.2) is 0 Å². The van der Waals surface area contributed by atoms with Gasteiger partial charge in [-0.2, -0.15) is 0 Å². The number of hydrogen-bond donors (Lipinski definition) is 4. The minimum atomic E-state index is -0.677. The summed E-state index contributed by atoms with van der Waals surface area (Å²) in [5, 5.41) is 8.07. The molecule has 2 rings (SSSR count). The molecule has 0 radical (unpaired) electrons. The molecule has 3 amide bonds. The van der Waals surface area contributed by atoms with Crippen LogP contribution in [0.4, 0.5) is 10.5 Å². The molecule has 0 fully saturated rings. The number of benzene rings is 2. The zero-order valence-electron chi connectivity index (χ0n) is 16.4. The highest BCUT2D eigenvalue weighted by atomic mass is 35.5. The normalized spacial score (nSPS) is 12.5. The monoisotopic (exact) mass is 404 g/mol. The van der Waals surface area contributed by atoms with Gasteiger partial charge in [-0.25, -0.2) is 4.79 Å². The van der Waals surface area contributed by atoms with E-state index in [9.17, 15) is 9.59 Å². The molecule has 0 aromatic heterocycles. The maximum absolute atomic E-state index is 12.2. The molecule has 0 aliphatic heterocycles. The molecule has 0 aliphatic rings. The number of rotatable bonds is 7. The maximum Gasteiger partial charge on any atom is 0.319 e. The third kappa shape index (κ3) is 7.21. The average Bonchev–Trinajstić information content (AvgIpc) is 2.66. The summed E-state index contributed by atoms with van der Waals surface area (Å²) in [5.74, 6) is 0.177. The molecule has 5 N–H and O–H groups in total. The fourth-order valence-electron chi connectivity index (χ4n) is 2.56. The van der Waals surface area contributed by atoms with Gasteiger partial charge in [0, 0.05) is 18.3 Å². The summed E-state index contributed by atoms with van der Waals surface area (Å²) in [6.45, 7) is 6.20. The van der Waals surface area contributed by atoms with Gasteiger partial charge in [0.1, 0.15) is 6.04 Å². The van der Waals surface area contributed by atoms with Crippen molar-refractivity contribution in [2.45, 2.75) is 38.8 Å². The van der Waals surface area contributed by atoms with Gasteiger partial charge in [-0.3, -0.25) is 4.79 Å². The topological polar surface area (TPSA) is 96.2 Å². The number of nitrogens with two attached hydrogens (primary N) is 1. The van der Waals surface area contributed by atoms with Crippen LogP contribution in [0.2, 0.25) is 0 Å². The Morgan fingerprint density at radius 3 is 2.07 bits per heavy atom. The molecule has 0 heterocycles. The van der Waals surface area contributed by atoms with Crippen LogP contribution in [0.5, 0.6) is 0 Å². The lowest BCUT2D eigenvalue weighted by molar-refractivity contribution is -0.122. The van der Waals surface area contributed by atoms with Crippen molar-refractivity contribution in [3.8, 4) is 0 Å². The minimum absolute atomic E-state index is 0. The van der Waals surface area contributed by atoms with Gasteiger partial charge in [0.25, 0.3) is 0 Å². The highest BCUT2D eigenvalue weighted by molar-refractivity contribution is 5.93. The predicted molar refractivity (Wildman–Crippen MR) is 116 cm³/mol. The van der Waals surface area contributed by atoms with Crippen molar-refractivity contribution < 1.29 is 9.59 Å². The van der Waals surface area contributed by atoms with Crippen LogP contribution in [0, 0.1) is 0 Å². The first-order valence-electron chi connectivity index (χ1n) is 9.12. The Morgan fingerprint density at radius 1 is 0.929 bits per heavy atom. The fraction of sp³-hybridized carbons (Fsp3) is 0.333. The lowest BCUT2D eigenvalue weighted by Crippen LogP contribution is -2.47. The van der Waals surface area contributed by atoms with Crippen molar-refractivity contribution in [1.29, 1.82) is 0 Å². The summed E-state index contributed by atoms with van der Waals surface area (Å²) >= 11 is 0. The molecule has 0 bridgehead atoms. The van der Waals surface area contributed by atoms with Crippen molar-refractivity contribution in [1.82, 2.24) is 10.6 Å². The second kappa shape index (κ2) is 11.3. The Kier molecular flexibility index (Phi) is 9.48. The lowest BCUT2D eigenvalue weighted by Gasteiger charge is -2.18. The number of para-hydroxylation sites is 1. The van der Waals surface area contributed by atoms with Gasteiger partial charge in [0.2, 0.25) is 5.91 Å². The van der Waals surface area contributed by atoms with Gasteiger partial charge >= 0.3 is 6.03 Å². The molecule has 0 saturated carbocycles. The molecular formula is C21H29ClN4O2. The number of carbonyl (C=O) groups is 2. The van der Waals surface area contributed by atoms with Crippen molar-refractivity contribution >= 4 is 30.0 Å². The highest BCUT2D eigenvalue weighted by Gasteiger charge is 2.16. The van der Waals surface area contributed by atoms with Gasteiger partial charge in [-0.05, 0) is 36.1 Å². The standard InChI is InChI=1S/C21H28N4O2.ClH/c1-14(2)16-9-11-17(12-10-16)19(22)13-23-20(26)15(3)24-21(27)25-18-7-5-4-6-8-18;/h4-12,14-15,19H,13,22H2,1-3H3,(H,23,26)(H2,24,25,27);1H. The summed E-state index contributed by atoms with van der Waals surface area (Å²) in [7, 11) is 0. The number of hydrogen-bond acceptors (Lipinski definition) is 3. The Hall–Kier alpha value is -2.57. The first-order valence-corrected chi connectivity index (χ1v) is 9.12. The molecule has 2 aromatic carbocycles. The number of amides is 3. The number of halogens is 1. The first kappa shape index (κ1) is 23.5. The van der Waals surface area contributed by atoms with Crippen LogP contribution < -0.4 is 21.7 Å². The van der Waals surface area contributed by atoms with E-state index in [1.165, 1.54) is 5.56 Å². The molecule has 0 aliphatic carbocycles. The molecular weight excluding hydrogens is 376 g/mol. The van der Waals surface area contributed by atoms with E-state index in [1.54, 1.807) is 19.1 Å². The smallest absolute Gasteiger partial charge is 0.319 e. The average molecular weight is 405 g/mol. The van der Waals surface area contributed by atoms with E-state index < -0.39 is 12.1 Å². The number of urea groups is 1.